The Bertz CT molecular complexity index is 2380. The zero-order valence-corrected chi connectivity index (χ0v) is 22.6. The van der Waals surface area contributed by atoms with Gasteiger partial charge in [0.25, 0.3) is 0 Å². The van der Waals surface area contributed by atoms with E-state index in [2.05, 4.69) is 150 Å². The molecule has 1 aromatic heterocycles. The van der Waals surface area contributed by atoms with Crippen molar-refractivity contribution in [3.05, 3.63) is 151 Å². The van der Waals surface area contributed by atoms with Crippen LogP contribution in [0.4, 0.5) is 0 Å². The summed E-state index contributed by atoms with van der Waals surface area (Å²) in [4.78, 5) is 0. The fourth-order valence-corrected chi connectivity index (χ4v) is 7.24. The number of nitrogens with zero attached hydrogens (tertiary/aromatic N) is 1. The van der Waals surface area contributed by atoms with Crippen LogP contribution in [0.5, 0.6) is 0 Å². The SMILES string of the molecule is C1=CC(c2ccccc2)CC=C1n1c2ccc3ccccc3c2c2c3c4ccccc4ccc3c3ccccc3c21. The number of fused-ring (bicyclic) bond motifs is 12. The molecule has 0 aliphatic heterocycles. The van der Waals surface area contributed by atoms with Crippen molar-refractivity contribution >= 4 is 70.6 Å². The Balaban J connectivity index is 1.48. The van der Waals surface area contributed by atoms with E-state index in [-0.39, 0.29) is 0 Å². The van der Waals surface area contributed by atoms with Crippen molar-refractivity contribution in [2.45, 2.75) is 12.3 Å². The van der Waals surface area contributed by atoms with Crippen molar-refractivity contribution in [3.63, 3.8) is 0 Å². The Labute approximate surface area is 238 Å². The first-order chi connectivity index (χ1) is 20.4. The summed E-state index contributed by atoms with van der Waals surface area (Å²) in [5.41, 5.74) is 5.18. The second kappa shape index (κ2) is 8.68. The molecule has 1 heteroatoms. The molecule has 192 valence electrons. The van der Waals surface area contributed by atoms with E-state index >= 15 is 0 Å². The van der Waals surface area contributed by atoms with Gasteiger partial charge in [0.15, 0.2) is 0 Å². The van der Waals surface area contributed by atoms with Crippen LogP contribution in [0.15, 0.2) is 146 Å². The van der Waals surface area contributed by atoms with Gasteiger partial charge in [-0.15, -0.1) is 0 Å². The summed E-state index contributed by atoms with van der Waals surface area (Å²) in [7, 11) is 0. The minimum atomic E-state index is 0.399. The molecule has 1 aliphatic carbocycles. The maximum Gasteiger partial charge on any atom is 0.0626 e. The molecule has 0 N–H and O–H groups in total. The van der Waals surface area contributed by atoms with Crippen LogP contribution in [0, 0.1) is 0 Å². The summed E-state index contributed by atoms with van der Waals surface area (Å²) in [5.74, 6) is 0.399. The van der Waals surface area contributed by atoms with Crippen molar-refractivity contribution in [2.75, 3.05) is 0 Å². The van der Waals surface area contributed by atoms with Crippen LogP contribution < -0.4 is 0 Å². The van der Waals surface area contributed by atoms with Crippen LogP contribution in [0.3, 0.4) is 0 Å². The van der Waals surface area contributed by atoms with Crippen LogP contribution >= 0.6 is 0 Å². The number of hydrogen-bond donors (Lipinski definition) is 0. The summed E-state index contributed by atoms with van der Waals surface area (Å²) < 4.78 is 2.54. The van der Waals surface area contributed by atoms with E-state index in [9.17, 15) is 0 Å². The average Bonchev–Trinajstić information content (AvgIpc) is 3.41. The molecule has 0 bridgehead atoms. The molecular weight excluding hydrogens is 494 g/mol. The van der Waals surface area contributed by atoms with Crippen LogP contribution in [-0.4, -0.2) is 4.57 Å². The third kappa shape index (κ3) is 3.24. The lowest BCUT2D eigenvalue weighted by molar-refractivity contribution is 0.850. The topological polar surface area (TPSA) is 4.93 Å². The minimum absolute atomic E-state index is 0.399. The van der Waals surface area contributed by atoms with Crippen molar-refractivity contribution < 1.29 is 0 Å². The molecule has 0 amide bonds. The summed E-state index contributed by atoms with van der Waals surface area (Å²) in [6, 6.07) is 46.8. The molecule has 0 saturated carbocycles. The lowest BCUT2D eigenvalue weighted by atomic mass is 9.91. The molecule has 1 atom stereocenters. The molecule has 0 radical (unpaired) electrons. The Hall–Kier alpha value is -5.14. The Kier molecular flexibility index (Phi) is 4.80. The van der Waals surface area contributed by atoms with Crippen LogP contribution in [-0.2, 0) is 0 Å². The second-order valence-electron chi connectivity index (χ2n) is 11.2. The predicted molar refractivity (Wildman–Crippen MR) is 177 cm³/mol. The maximum atomic E-state index is 2.54. The lowest BCUT2D eigenvalue weighted by Gasteiger charge is -2.19. The molecular formula is C40H27N. The fraction of sp³-hybridized carbons (Fsp3) is 0.0500. The second-order valence-corrected chi connectivity index (χ2v) is 11.2. The van der Waals surface area contributed by atoms with E-state index in [0.717, 1.165) is 6.42 Å². The molecule has 9 rings (SSSR count). The molecule has 1 nitrogen and oxygen atoms in total. The van der Waals surface area contributed by atoms with Gasteiger partial charge >= 0.3 is 0 Å². The molecule has 8 aromatic rings. The molecule has 7 aromatic carbocycles. The molecule has 0 spiro atoms. The third-order valence-corrected chi connectivity index (χ3v) is 9.08. The fourth-order valence-electron chi connectivity index (χ4n) is 7.24. The highest BCUT2D eigenvalue weighted by Gasteiger charge is 2.23. The zero-order valence-electron chi connectivity index (χ0n) is 22.6. The number of hydrogen-bond acceptors (Lipinski definition) is 0. The third-order valence-electron chi connectivity index (χ3n) is 9.08. The van der Waals surface area contributed by atoms with Gasteiger partial charge in [0.2, 0.25) is 0 Å². The molecule has 1 aliphatic rings. The van der Waals surface area contributed by atoms with E-state index in [1.54, 1.807) is 0 Å². The predicted octanol–water partition coefficient (Wildman–Crippen LogP) is 11.0. The van der Waals surface area contributed by atoms with E-state index in [0.29, 0.717) is 5.92 Å². The maximum absolute atomic E-state index is 2.54. The van der Waals surface area contributed by atoms with Gasteiger partial charge in [0.05, 0.1) is 11.0 Å². The van der Waals surface area contributed by atoms with Gasteiger partial charge in [-0.25, -0.2) is 0 Å². The van der Waals surface area contributed by atoms with Crippen LogP contribution in [0.1, 0.15) is 17.9 Å². The Morgan fingerprint density at radius 3 is 1.85 bits per heavy atom. The van der Waals surface area contributed by atoms with E-state index in [1.165, 1.54) is 76.2 Å². The highest BCUT2D eigenvalue weighted by Crippen LogP contribution is 2.47. The number of benzene rings is 7. The highest BCUT2D eigenvalue weighted by molar-refractivity contribution is 6.39. The van der Waals surface area contributed by atoms with E-state index in [1.807, 2.05) is 0 Å². The van der Waals surface area contributed by atoms with Gasteiger partial charge in [0.1, 0.15) is 0 Å². The lowest BCUT2D eigenvalue weighted by Crippen LogP contribution is -2.03. The van der Waals surface area contributed by atoms with E-state index in [4.69, 9.17) is 0 Å². The van der Waals surface area contributed by atoms with Gasteiger partial charge in [-0.2, -0.15) is 0 Å². The zero-order chi connectivity index (χ0) is 26.9. The summed E-state index contributed by atoms with van der Waals surface area (Å²) >= 11 is 0. The summed E-state index contributed by atoms with van der Waals surface area (Å²) in [6.45, 7) is 0. The van der Waals surface area contributed by atoms with Crippen LogP contribution in [0.25, 0.3) is 70.6 Å². The average molecular weight is 522 g/mol. The standard InChI is InChI=1S/C40H27N/c1-2-10-26(11-3-1)27-18-22-30(23-19-27)41-36-25-21-29-13-5-7-15-32(29)38(36)39-37-31-14-6-4-12-28(31)20-24-34(37)33-16-8-9-17-35(33)40(39)41/h1-18,20-25,27H,19H2. The first-order valence-electron chi connectivity index (χ1n) is 14.5. The monoisotopic (exact) mass is 521 g/mol. The molecule has 41 heavy (non-hydrogen) atoms. The van der Waals surface area contributed by atoms with Crippen molar-refractivity contribution in [2.24, 2.45) is 0 Å². The number of rotatable bonds is 2. The first kappa shape index (κ1) is 22.7. The largest absolute Gasteiger partial charge is 0.309 e. The Morgan fingerprint density at radius 2 is 1.12 bits per heavy atom. The van der Waals surface area contributed by atoms with Crippen molar-refractivity contribution in [1.29, 1.82) is 0 Å². The van der Waals surface area contributed by atoms with Crippen LogP contribution in [0.2, 0.25) is 0 Å². The minimum Gasteiger partial charge on any atom is -0.309 e. The molecule has 0 fully saturated rings. The van der Waals surface area contributed by atoms with Crippen molar-refractivity contribution in [1.82, 2.24) is 4.57 Å². The van der Waals surface area contributed by atoms with E-state index < -0.39 is 0 Å². The van der Waals surface area contributed by atoms with Gasteiger partial charge in [-0.1, -0.05) is 133 Å². The summed E-state index contributed by atoms with van der Waals surface area (Å²) in [6.07, 6.45) is 8.16. The smallest absolute Gasteiger partial charge is 0.0626 e. The Morgan fingerprint density at radius 1 is 0.488 bits per heavy atom. The normalized spacial score (nSPS) is 15.5. The molecule has 0 saturated heterocycles. The van der Waals surface area contributed by atoms with Gasteiger partial charge in [-0.05, 0) is 56.4 Å². The van der Waals surface area contributed by atoms with Gasteiger partial charge in [-0.3, -0.25) is 0 Å². The number of aromatic nitrogens is 1. The molecule has 1 unspecified atom stereocenters. The number of allylic oxidation sites excluding steroid dienone is 4. The summed E-state index contributed by atoms with van der Waals surface area (Å²) in [5, 5.41) is 13.1. The van der Waals surface area contributed by atoms with Gasteiger partial charge < -0.3 is 4.57 Å². The first-order valence-corrected chi connectivity index (χ1v) is 14.5. The van der Waals surface area contributed by atoms with Gasteiger partial charge in [0, 0.05) is 33.2 Å². The molecule has 1 heterocycles. The quantitative estimate of drug-likeness (QED) is 0.199. The van der Waals surface area contributed by atoms with Crippen molar-refractivity contribution in [3.8, 4) is 0 Å². The highest BCUT2D eigenvalue weighted by atomic mass is 15.0.